The van der Waals surface area contributed by atoms with Crippen molar-refractivity contribution in [1.29, 1.82) is 0 Å². The fraction of sp³-hybridized carbons (Fsp3) is 0.714. The third-order valence-corrected chi connectivity index (χ3v) is 6.92. The van der Waals surface area contributed by atoms with E-state index in [4.69, 9.17) is 0 Å². The summed E-state index contributed by atoms with van der Waals surface area (Å²) in [5.41, 5.74) is 0. The molecule has 4 rings (SSSR count). The zero-order valence-corrected chi connectivity index (χ0v) is 24.6. The van der Waals surface area contributed by atoms with Gasteiger partial charge in [0, 0.05) is 26.2 Å². The van der Waals surface area contributed by atoms with Crippen LogP contribution in [-0.2, 0) is 26.2 Å². The van der Waals surface area contributed by atoms with E-state index in [1.807, 2.05) is 18.7 Å². The predicted octanol–water partition coefficient (Wildman–Crippen LogP) is 4.56. The number of hydrogen-bond donors (Lipinski definition) is 0. The number of unbranched alkanes of at least 4 members (excludes halogenated alkanes) is 14. The van der Waals surface area contributed by atoms with E-state index >= 15 is 0 Å². The molecule has 0 aromatic carbocycles. The highest BCUT2D eigenvalue weighted by Crippen LogP contribution is 2.10. The van der Waals surface area contributed by atoms with Gasteiger partial charge in [0.05, 0.1) is 0 Å². The molecule has 13 heteroatoms. The highest BCUT2D eigenvalue weighted by molar-refractivity contribution is 4.59. The van der Waals surface area contributed by atoms with Gasteiger partial charge in [0.15, 0.2) is 0 Å². The third kappa shape index (κ3) is 17.1. The molecule has 0 aliphatic heterocycles. The average molecular weight is 571 g/mol. The molecule has 228 valence electrons. The molecule has 4 aromatic rings. The Morgan fingerprint density at radius 2 is 0.488 bits per heavy atom. The van der Waals surface area contributed by atoms with Gasteiger partial charge in [0.2, 0.25) is 0 Å². The minimum atomic E-state index is 0. The normalized spacial score (nSPS) is 10.7. The van der Waals surface area contributed by atoms with Gasteiger partial charge < -0.3 is 5.48 Å². The summed E-state index contributed by atoms with van der Waals surface area (Å²) in [5.74, 6) is 0. The molecule has 0 amide bonds. The first-order valence-electron chi connectivity index (χ1n) is 15.2. The minimum Gasteiger partial charge on any atom is -0.412 e. The summed E-state index contributed by atoms with van der Waals surface area (Å²) in [6.45, 7) is 3.99. The molecule has 2 N–H and O–H groups in total. The van der Waals surface area contributed by atoms with E-state index in [0.29, 0.717) is 0 Å². The molecule has 4 heterocycles. The Kier molecular flexibility index (Phi) is 19.1. The van der Waals surface area contributed by atoms with E-state index in [1.54, 1.807) is 50.6 Å². The lowest BCUT2D eigenvalue weighted by molar-refractivity contribution is 0.502. The molecule has 13 nitrogen and oxygen atoms in total. The molecule has 0 aliphatic rings. The van der Waals surface area contributed by atoms with Crippen LogP contribution in [0.1, 0.15) is 103 Å². The Labute approximate surface area is 244 Å². The number of aromatic nitrogens is 12. The van der Waals surface area contributed by atoms with Gasteiger partial charge in [0.1, 0.15) is 50.6 Å². The summed E-state index contributed by atoms with van der Waals surface area (Å²) in [6.07, 6.45) is 34.2. The Hall–Kier alpha value is -3.48. The maximum atomic E-state index is 4.10. The molecule has 0 radical (unpaired) electrons. The second kappa shape index (κ2) is 23.2. The number of rotatable bonds is 22. The first-order valence-corrected chi connectivity index (χ1v) is 15.2. The monoisotopic (exact) mass is 570 g/mol. The lowest BCUT2D eigenvalue weighted by atomic mass is 10.1. The zero-order valence-electron chi connectivity index (χ0n) is 24.6. The molecule has 0 saturated heterocycles. The number of nitrogens with zero attached hydrogens (tertiary/aromatic N) is 12. The van der Waals surface area contributed by atoms with Crippen LogP contribution in [-0.4, -0.2) is 64.5 Å². The maximum Gasteiger partial charge on any atom is 0.137 e. The molecule has 0 bridgehead atoms. The van der Waals surface area contributed by atoms with Crippen molar-refractivity contribution in [2.75, 3.05) is 0 Å². The largest absolute Gasteiger partial charge is 0.412 e. The highest BCUT2D eigenvalue weighted by Gasteiger charge is 1.97. The summed E-state index contributed by atoms with van der Waals surface area (Å²) in [5, 5.41) is 16.4. The predicted molar refractivity (Wildman–Crippen MR) is 158 cm³/mol. The van der Waals surface area contributed by atoms with E-state index in [9.17, 15) is 0 Å². The standard InChI is InChI=1S/2C14H24N6.H2O/c2*1(3-5-7-9-19-13-15-11-17-19)2-4-6-8-10-20-14-16-12-18-20;/h2*11-14H,1-10H2;1H2. The highest BCUT2D eigenvalue weighted by atomic mass is 16.0. The fourth-order valence-electron chi connectivity index (χ4n) is 4.61. The topological polar surface area (TPSA) is 154 Å². The van der Waals surface area contributed by atoms with E-state index in [1.165, 1.54) is 103 Å². The van der Waals surface area contributed by atoms with Gasteiger partial charge in [-0.15, -0.1) is 0 Å². The Morgan fingerprint density at radius 1 is 0.293 bits per heavy atom. The molecule has 0 aliphatic carbocycles. The molecule has 0 spiro atoms. The fourth-order valence-corrected chi connectivity index (χ4v) is 4.61. The van der Waals surface area contributed by atoms with Crippen molar-refractivity contribution in [2.24, 2.45) is 0 Å². The third-order valence-electron chi connectivity index (χ3n) is 6.92. The van der Waals surface area contributed by atoms with Gasteiger partial charge in [-0.05, 0) is 25.7 Å². The lowest BCUT2D eigenvalue weighted by Crippen LogP contribution is -1.98. The quantitative estimate of drug-likeness (QED) is 0.125. The Balaban J connectivity index is 0.000000280. The zero-order chi connectivity index (χ0) is 27.8. The molecular weight excluding hydrogens is 520 g/mol. The van der Waals surface area contributed by atoms with E-state index < -0.39 is 0 Å². The van der Waals surface area contributed by atoms with Crippen molar-refractivity contribution >= 4 is 0 Å². The second-order valence-corrected chi connectivity index (χ2v) is 10.3. The van der Waals surface area contributed by atoms with Crippen LogP contribution in [0, 0.1) is 0 Å². The van der Waals surface area contributed by atoms with Crippen LogP contribution in [0.25, 0.3) is 0 Å². The van der Waals surface area contributed by atoms with Crippen LogP contribution < -0.4 is 0 Å². The molecule has 0 fully saturated rings. The molecule has 41 heavy (non-hydrogen) atoms. The van der Waals surface area contributed by atoms with Crippen LogP contribution >= 0.6 is 0 Å². The van der Waals surface area contributed by atoms with Gasteiger partial charge in [-0.25, -0.2) is 19.9 Å². The Bertz CT molecular complexity index is 852. The van der Waals surface area contributed by atoms with Crippen molar-refractivity contribution in [3.63, 3.8) is 0 Å². The second-order valence-electron chi connectivity index (χ2n) is 10.3. The summed E-state index contributed by atoms with van der Waals surface area (Å²) in [7, 11) is 0. The van der Waals surface area contributed by atoms with Crippen molar-refractivity contribution in [1.82, 2.24) is 59.1 Å². The molecule has 0 atom stereocenters. The van der Waals surface area contributed by atoms with E-state index in [2.05, 4.69) is 40.3 Å². The van der Waals surface area contributed by atoms with Crippen molar-refractivity contribution in [3.8, 4) is 0 Å². The van der Waals surface area contributed by atoms with Crippen molar-refractivity contribution in [3.05, 3.63) is 50.6 Å². The van der Waals surface area contributed by atoms with Gasteiger partial charge in [0.25, 0.3) is 0 Å². The van der Waals surface area contributed by atoms with E-state index in [-0.39, 0.29) is 5.48 Å². The van der Waals surface area contributed by atoms with Gasteiger partial charge in [-0.2, -0.15) is 20.4 Å². The maximum absolute atomic E-state index is 4.10. The van der Waals surface area contributed by atoms with Gasteiger partial charge in [-0.3, -0.25) is 18.7 Å². The summed E-state index contributed by atoms with van der Waals surface area (Å²) in [4.78, 5) is 15.8. The summed E-state index contributed by atoms with van der Waals surface area (Å²) >= 11 is 0. The summed E-state index contributed by atoms with van der Waals surface area (Å²) in [6, 6.07) is 0. The van der Waals surface area contributed by atoms with Crippen LogP contribution in [0.3, 0.4) is 0 Å². The molecule has 0 unspecified atom stereocenters. The van der Waals surface area contributed by atoms with Gasteiger partial charge >= 0.3 is 0 Å². The van der Waals surface area contributed by atoms with E-state index in [0.717, 1.165) is 26.2 Å². The Morgan fingerprint density at radius 3 is 0.659 bits per heavy atom. The van der Waals surface area contributed by atoms with Crippen LogP contribution in [0.2, 0.25) is 0 Å². The number of aryl methyl sites for hydroxylation is 4. The van der Waals surface area contributed by atoms with Crippen LogP contribution in [0.4, 0.5) is 0 Å². The smallest absolute Gasteiger partial charge is 0.137 e. The lowest BCUT2D eigenvalue weighted by Gasteiger charge is -2.03. The molecule has 0 saturated carbocycles. The van der Waals surface area contributed by atoms with Crippen molar-refractivity contribution < 1.29 is 5.48 Å². The van der Waals surface area contributed by atoms with Crippen LogP contribution in [0.15, 0.2) is 50.6 Å². The summed E-state index contributed by atoms with van der Waals surface area (Å²) < 4.78 is 7.63. The first-order chi connectivity index (χ1) is 19.9. The van der Waals surface area contributed by atoms with Crippen LogP contribution in [0.5, 0.6) is 0 Å². The SMILES string of the molecule is O.c1ncn(CCCCCCCCCCn2cncn2)n1.c1ncn(CCCCCCCCCCn2cncn2)n1. The first kappa shape index (κ1) is 33.7. The minimum absolute atomic E-state index is 0. The average Bonchev–Trinajstić information content (AvgIpc) is 3.80. The molecule has 4 aromatic heterocycles. The van der Waals surface area contributed by atoms with Crippen molar-refractivity contribution in [2.45, 2.75) is 129 Å². The van der Waals surface area contributed by atoms with Gasteiger partial charge in [-0.1, -0.05) is 77.0 Å². The number of hydrogen-bond acceptors (Lipinski definition) is 8. The molecular formula is C28H50N12O.